The highest BCUT2D eigenvalue weighted by Crippen LogP contribution is 2.46. The standard InChI is InChI=1S/C12H16N4O2/c13-10-6-5-9(16(17)18)12(14-10)15-11(7-1-2-7)8-3-4-8/h5-8,11H,1-4H2,(H3,13,14,15). The Kier molecular flexibility index (Phi) is 2.57. The predicted octanol–water partition coefficient (Wildman–Crippen LogP) is 2.17. The predicted molar refractivity (Wildman–Crippen MR) is 68.2 cm³/mol. The van der Waals surface area contributed by atoms with Crippen molar-refractivity contribution in [2.75, 3.05) is 11.1 Å². The lowest BCUT2D eigenvalue weighted by Gasteiger charge is -2.18. The topological polar surface area (TPSA) is 94.1 Å². The lowest BCUT2D eigenvalue weighted by molar-refractivity contribution is -0.384. The maximum Gasteiger partial charge on any atom is 0.311 e. The quantitative estimate of drug-likeness (QED) is 0.615. The average Bonchev–Trinajstić information content (AvgIpc) is 3.17. The average molecular weight is 248 g/mol. The Morgan fingerprint density at radius 3 is 2.44 bits per heavy atom. The van der Waals surface area contributed by atoms with Crippen LogP contribution in [0, 0.1) is 22.0 Å². The molecule has 0 saturated heterocycles. The van der Waals surface area contributed by atoms with Gasteiger partial charge in [-0.05, 0) is 43.6 Å². The van der Waals surface area contributed by atoms with Crippen LogP contribution in [0.4, 0.5) is 17.3 Å². The number of nitrogens with one attached hydrogen (secondary N) is 1. The van der Waals surface area contributed by atoms with Crippen LogP contribution in [0.2, 0.25) is 0 Å². The van der Waals surface area contributed by atoms with Crippen molar-refractivity contribution < 1.29 is 4.92 Å². The number of hydrogen-bond acceptors (Lipinski definition) is 5. The highest BCUT2D eigenvalue weighted by atomic mass is 16.6. The van der Waals surface area contributed by atoms with Gasteiger partial charge in [-0.2, -0.15) is 0 Å². The third-order valence-corrected chi connectivity index (χ3v) is 3.66. The summed E-state index contributed by atoms with van der Waals surface area (Å²) in [5.41, 5.74) is 5.62. The Morgan fingerprint density at radius 2 is 1.94 bits per heavy atom. The Labute approximate surface area is 105 Å². The number of nitrogen functional groups attached to an aromatic ring is 1. The Hall–Kier alpha value is -1.85. The van der Waals surface area contributed by atoms with Crippen molar-refractivity contribution in [3.63, 3.8) is 0 Å². The molecule has 2 saturated carbocycles. The van der Waals surface area contributed by atoms with Gasteiger partial charge in [0.15, 0.2) is 0 Å². The summed E-state index contributed by atoms with van der Waals surface area (Å²) in [6.45, 7) is 0. The molecule has 18 heavy (non-hydrogen) atoms. The molecular formula is C12H16N4O2. The van der Waals surface area contributed by atoms with Crippen molar-refractivity contribution in [3.8, 4) is 0 Å². The minimum Gasteiger partial charge on any atom is -0.384 e. The second-order valence-electron chi connectivity index (χ2n) is 5.21. The minimum atomic E-state index is -0.411. The summed E-state index contributed by atoms with van der Waals surface area (Å²) in [6, 6.07) is 3.21. The van der Waals surface area contributed by atoms with Crippen LogP contribution in [-0.2, 0) is 0 Å². The monoisotopic (exact) mass is 248 g/mol. The number of anilines is 2. The van der Waals surface area contributed by atoms with Gasteiger partial charge in [-0.1, -0.05) is 0 Å². The zero-order valence-electron chi connectivity index (χ0n) is 10.0. The zero-order valence-corrected chi connectivity index (χ0v) is 10.0. The van der Waals surface area contributed by atoms with Gasteiger partial charge in [0.1, 0.15) is 5.82 Å². The summed E-state index contributed by atoms with van der Waals surface area (Å²) < 4.78 is 0. The summed E-state index contributed by atoms with van der Waals surface area (Å²) in [7, 11) is 0. The first-order chi connectivity index (χ1) is 8.65. The Morgan fingerprint density at radius 1 is 1.33 bits per heavy atom. The van der Waals surface area contributed by atoms with E-state index in [9.17, 15) is 10.1 Å². The van der Waals surface area contributed by atoms with Crippen LogP contribution in [-0.4, -0.2) is 15.9 Å². The molecule has 0 bridgehead atoms. The van der Waals surface area contributed by atoms with Gasteiger partial charge in [0.05, 0.1) is 4.92 Å². The van der Waals surface area contributed by atoms with Crippen molar-refractivity contribution in [2.24, 2.45) is 11.8 Å². The summed E-state index contributed by atoms with van der Waals surface area (Å²) in [4.78, 5) is 14.6. The fourth-order valence-corrected chi connectivity index (χ4v) is 2.41. The molecule has 0 radical (unpaired) electrons. The van der Waals surface area contributed by atoms with Gasteiger partial charge in [-0.15, -0.1) is 0 Å². The van der Waals surface area contributed by atoms with Gasteiger partial charge in [0.2, 0.25) is 5.82 Å². The van der Waals surface area contributed by atoms with Gasteiger partial charge < -0.3 is 11.1 Å². The molecule has 1 heterocycles. The van der Waals surface area contributed by atoms with Gasteiger partial charge >= 0.3 is 5.69 Å². The summed E-state index contributed by atoms with van der Waals surface area (Å²) >= 11 is 0. The molecule has 96 valence electrons. The second kappa shape index (κ2) is 4.12. The zero-order chi connectivity index (χ0) is 12.7. The van der Waals surface area contributed by atoms with Crippen LogP contribution in [0.25, 0.3) is 0 Å². The molecule has 2 aliphatic rings. The van der Waals surface area contributed by atoms with E-state index in [0.717, 1.165) is 0 Å². The molecular weight excluding hydrogens is 232 g/mol. The lowest BCUT2D eigenvalue weighted by Crippen LogP contribution is -2.25. The molecule has 0 unspecified atom stereocenters. The molecule has 3 rings (SSSR count). The summed E-state index contributed by atoms with van der Waals surface area (Å²) in [6.07, 6.45) is 4.85. The van der Waals surface area contributed by atoms with E-state index < -0.39 is 4.92 Å². The number of hydrogen-bond donors (Lipinski definition) is 2. The van der Waals surface area contributed by atoms with Gasteiger partial charge in [-0.25, -0.2) is 4.98 Å². The Bertz CT molecular complexity index is 471. The SMILES string of the molecule is Nc1ccc([N+](=O)[O-])c(NC(C2CC2)C2CC2)n1. The Balaban J connectivity index is 1.85. The molecule has 0 amide bonds. The number of rotatable bonds is 5. The van der Waals surface area contributed by atoms with Gasteiger partial charge in [-0.3, -0.25) is 10.1 Å². The molecule has 0 aromatic carbocycles. The number of nitro groups is 1. The first kappa shape index (κ1) is 11.3. The molecule has 0 aliphatic heterocycles. The third kappa shape index (κ3) is 2.23. The molecule has 6 heteroatoms. The molecule has 6 nitrogen and oxygen atoms in total. The van der Waals surface area contributed by atoms with E-state index in [4.69, 9.17) is 5.73 Å². The number of nitrogens with zero attached hydrogens (tertiary/aromatic N) is 2. The van der Waals surface area contributed by atoms with Crippen molar-refractivity contribution in [1.82, 2.24) is 4.98 Å². The normalized spacial score (nSPS) is 18.9. The van der Waals surface area contributed by atoms with E-state index >= 15 is 0 Å². The van der Waals surface area contributed by atoms with E-state index in [2.05, 4.69) is 10.3 Å². The smallest absolute Gasteiger partial charge is 0.311 e. The molecule has 3 N–H and O–H groups in total. The highest BCUT2D eigenvalue weighted by molar-refractivity contribution is 5.60. The largest absolute Gasteiger partial charge is 0.384 e. The second-order valence-corrected chi connectivity index (χ2v) is 5.21. The van der Waals surface area contributed by atoms with Crippen LogP contribution >= 0.6 is 0 Å². The van der Waals surface area contributed by atoms with Crippen LogP contribution in [0.1, 0.15) is 25.7 Å². The van der Waals surface area contributed by atoms with Crippen molar-refractivity contribution in [2.45, 2.75) is 31.7 Å². The highest BCUT2D eigenvalue weighted by Gasteiger charge is 2.42. The first-order valence-electron chi connectivity index (χ1n) is 6.32. The first-order valence-corrected chi connectivity index (χ1v) is 6.32. The van der Waals surface area contributed by atoms with Crippen LogP contribution in [0.5, 0.6) is 0 Å². The van der Waals surface area contributed by atoms with Gasteiger partial charge in [0, 0.05) is 12.1 Å². The number of pyridine rings is 1. The number of aromatic nitrogens is 1. The lowest BCUT2D eigenvalue weighted by atomic mass is 10.1. The van der Waals surface area contributed by atoms with E-state index in [1.807, 2.05) is 0 Å². The fraction of sp³-hybridized carbons (Fsp3) is 0.583. The molecule has 2 aliphatic carbocycles. The third-order valence-electron chi connectivity index (χ3n) is 3.66. The molecule has 2 fully saturated rings. The van der Waals surface area contributed by atoms with Crippen molar-refractivity contribution in [3.05, 3.63) is 22.2 Å². The van der Waals surface area contributed by atoms with E-state index in [1.165, 1.54) is 37.8 Å². The van der Waals surface area contributed by atoms with E-state index in [-0.39, 0.29) is 5.69 Å². The molecule has 0 spiro atoms. The molecule has 1 aromatic rings. The van der Waals surface area contributed by atoms with Crippen molar-refractivity contribution in [1.29, 1.82) is 0 Å². The molecule has 1 aromatic heterocycles. The summed E-state index contributed by atoms with van der Waals surface area (Å²) in [5.74, 6) is 1.94. The number of nitrogens with two attached hydrogens (primary N) is 1. The van der Waals surface area contributed by atoms with Crippen LogP contribution < -0.4 is 11.1 Å². The summed E-state index contributed by atoms with van der Waals surface area (Å²) in [5, 5.41) is 14.2. The van der Waals surface area contributed by atoms with Crippen LogP contribution in [0.15, 0.2) is 12.1 Å². The van der Waals surface area contributed by atoms with Gasteiger partial charge in [0.25, 0.3) is 0 Å². The van der Waals surface area contributed by atoms with Crippen molar-refractivity contribution >= 4 is 17.3 Å². The maximum atomic E-state index is 11.0. The van der Waals surface area contributed by atoms with E-state index in [1.54, 1.807) is 0 Å². The van der Waals surface area contributed by atoms with Crippen LogP contribution in [0.3, 0.4) is 0 Å². The maximum absolute atomic E-state index is 11.0. The minimum absolute atomic E-state index is 0.00972. The molecule has 0 atom stereocenters. The fourth-order valence-electron chi connectivity index (χ4n) is 2.41. The van der Waals surface area contributed by atoms with E-state index in [0.29, 0.717) is 29.5 Å².